The molecular formula is C25H24FN5O. The number of benzene rings is 2. The molecule has 4 aromatic rings. The number of hydrogen-bond acceptors (Lipinski definition) is 4. The van der Waals surface area contributed by atoms with Crippen LogP contribution in [0, 0.1) is 5.82 Å². The summed E-state index contributed by atoms with van der Waals surface area (Å²) in [7, 11) is 0. The average molecular weight is 429 g/mol. The van der Waals surface area contributed by atoms with Crippen LogP contribution in [0.25, 0.3) is 5.65 Å². The van der Waals surface area contributed by atoms with Gasteiger partial charge in [-0.25, -0.2) is 9.37 Å². The predicted octanol–water partition coefficient (Wildman–Crippen LogP) is 3.49. The number of piperazine rings is 1. The number of aromatic nitrogens is 2. The van der Waals surface area contributed by atoms with Crippen molar-refractivity contribution in [3.63, 3.8) is 0 Å². The van der Waals surface area contributed by atoms with Crippen LogP contribution in [-0.2, 0) is 6.42 Å². The maximum atomic E-state index is 13.2. The first-order chi connectivity index (χ1) is 15.6. The molecule has 0 bridgehead atoms. The molecule has 0 radical (unpaired) electrons. The maximum Gasteiger partial charge on any atom is 0.267 e. The smallest absolute Gasteiger partial charge is 0.267 e. The van der Waals surface area contributed by atoms with E-state index in [1.165, 1.54) is 12.1 Å². The monoisotopic (exact) mass is 429 g/mol. The van der Waals surface area contributed by atoms with Crippen molar-refractivity contribution < 1.29 is 9.18 Å². The molecule has 32 heavy (non-hydrogen) atoms. The van der Waals surface area contributed by atoms with E-state index in [1.54, 1.807) is 10.6 Å². The lowest BCUT2D eigenvalue weighted by Gasteiger charge is -2.37. The zero-order chi connectivity index (χ0) is 22.1. The Morgan fingerprint density at radius 2 is 1.47 bits per heavy atom. The Morgan fingerprint density at radius 1 is 0.875 bits per heavy atom. The van der Waals surface area contributed by atoms with Crippen LogP contribution in [0.5, 0.6) is 0 Å². The Morgan fingerprint density at radius 3 is 2.06 bits per heavy atom. The Labute approximate surface area is 185 Å². The van der Waals surface area contributed by atoms with Crippen LogP contribution in [0.1, 0.15) is 21.7 Å². The summed E-state index contributed by atoms with van der Waals surface area (Å²) in [6.07, 6.45) is 2.35. The van der Waals surface area contributed by atoms with E-state index in [0.29, 0.717) is 23.5 Å². The van der Waals surface area contributed by atoms with Crippen LogP contribution in [0.3, 0.4) is 0 Å². The van der Waals surface area contributed by atoms with Crippen molar-refractivity contribution in [2.45, 2.75) is 6.42 Å². The third-order valence-corrected chi connectivity index (χ3v) is 5.98. The fourth-order valence-electron chi connectivity index (χ4n) is 4.32. The van der Waals surface area contributed by atoms with Crippen molar-refractivity contribution in [2.24, 2.45) is 5.73 Å². The number of amides is 1. The molecule has 5 rings (SSSR count). The van der Waals surface area contributed by atoms with E-state index in [9.17, 15) is 9.18 Å². The van der Waals surface area contributed by atoms with Gasteiger partial charge in [0.1, 0.15) is 17.2 Å². The molecule has 1 aliphatic heterocycles. The van der Waals surface area contributed by atoms with E-state index in [-0.39, 0.29) is 5.82 Å². The largest absolute Gasteiger partial charge is 0.368 e. The third-order valence-electron chi connectivity index (χ3n) is 5.98. The van der Waals surface area contributed by atoms with Gasteiger partial charge < -0.3 is 15.5 Å². The van der Waals surface area contributed by atoms with Gasteiger partial charge in [-0.15, -0.1) is 0 Å². The van der Waals surface area contributed by atoms with Gasteiger partial charge >= 0.3 is 0 Å². The molecule has 0 spiro atoms. The minimum Gasteiger partial charge on any atom is -0.368 e. The second-order valence-corrected chi connectivity index (χ2v) is 7.99. The van der Waals surface area contributed by atoms with Crippen molar-refractivity contribution in [3.05, 3.63) is 95.7 Å². The van der Waals surface area contributed by atoms with Crippen LogP contribution >= 0.6 is 0 Å². The third kappa shape index (κ3) is 3.89. The molecule has 0 unspecified atom stereocenters. The summed E-state index contributed by atoms with van der Waals surface area (Å²) in [5.74, 6) is -0.687. The van der Waals surface area contributed by atoms with Crippen LogP contribution in [0.4, 0.5) is 15.8 Å². The highest BCUT2D eigenvalue weighted by molar-refractivity contribution is 5.93. The number of carbonyl (C=O) groups is 1. The Balaban J connectivity index is 1.27. The van der Waals surface area contributed by atoms with E-state index in [0.717, 1.165) is 43.1 Å². The lowest BCUT2D eigenvalue weighted by Crippen LogP contribution is -2.46. The number of pyridine rings is 1. The van der Waals surface area contributed by atoms with Crippen molar-refractivity contribution in [1.29, 1.82) is 0 Å². The standard InChI is InChI=1S/C25H24FN5O/c26-19-6-10-21(11-7-19)30-15-13-29(14-16-30)20-8-4-18(5-9-20)17-22-24(25(27)32)31-12-2-1-3-23(31)28-22/h1-12H,13-17H2,(H2,27,32). The molecule has 6 nitrogen and oxygen atoms in total. The van der Waals surface area contributed by atoms with E-state index in [4.69, 9.17) is 5.73 Å². The average Bonchev–Trinajstić information content (AvgIpc) is 3.18. The van der Waals surface area contributed by atoms with Gasteiger partial charge in [0.2, 0.25) is 0 Å². The van der Waals surface area contributed by atoms with Crippen LogP contribution in [0.15, 0.2) is 72.9 Å². The van der Waals surface area contributed by atoms with E-state index >= 15 is 0 Å². The van der Waals surface area contributed by atoms with E-state index < -0.39 is 5.91 Å². The summed E-state index contributed by atoms with van der Waals surface area (Å²) in [6.45, 7) is 3.57. The summed E-state index contributed by atoms with van der Waals surface area (Å²) >= 11 is 0. The molecule has 2 aromatic carbocycles. The van der Waals surface area contributed by atoms with E-state index in [2.05, 4.69) is 39.0 Å². The zero-order valence-corrected chi connectivity index (χ0v) is 17.6. The van der Waals surface area contributed by atoms with Crippen molar-refractivity contribution in [1.82, 2.24) is 9.38 Å². The molecule has 162 valence electrons. The quantitative estimate of drug-likeness (QED) is 0.527. The molecule has 1 saturated heterocycles. The van der Waals surface area contributed by atoms with Gasteiger partial charge in [0.05, 0.1) is 5.69 Å². The first kappa shape index (κ1) is 20.1. The highest BCUT2D eigenvalue weighted by Crippen LogP contribution is 2.23. The number of fused-ring (bicyclic) bond motifs is 1. The lowest BCUT2D eigenvalue weighted by atomic mass is 10.1. The first-order valence-electron chi connectivity index (χ1n) is 10.7. The van der Waals surface area contributed by atoms with Gasteiger partial charge in [0.15, 0.2) is 0 Å². The fraction of sp³-hybridized carbons (Fsp3) is 0.200. The number of nitrogens with two attached hydrogens (primary N) is 1. The summed E-state index contributed by atoms with van der Waals surface area (Å²) in [6, 6.07) is 20.7. The number of anilines is 2. The highest BCUT2D eigenvalue weighted by atomic mass is 19.1. The molecule has 1 amide bonds. The normalized spacial score (nSPS) is 14.2. The molecule has 3 heterocycles. The number of imidazole rings is 1. The molecule has 1 fully saturated rings. The van der Waals surface area contributed by atoms with Gasteiger partial charge in [0, 0.05) is 50.2 Å². The number of carbonyl (C=O) groups excluding carboxylic acids is 1. The number of halogens is 1. The van der Waals surface area contributed by atoms with Crippen molar-refractivity contribution in [2.75, 3.05) is 36.0 Å². The molecule has 0 aliphatic carbocycles. The minimum absolute atomic E-state index is 0.209. The Hall–Kier alpha value is -3.87. The van der Waals surface area contributed by atoms with Gasteiger partial charge in [0.25, 0.3) is 5.91 Å². The SMILES string of the molecule is NC(=O)c1c(Cc2ccc(N3CCN(c4ccc(F)cc4)CC3)cc2)nc2ccccn12. The number of nitrogens with zero attached hydrogens (tertiary/aromatic N) is 4. The van der Waals surface area contributed by atoms with Crippen molar-refractivity contribution >= 4 is 22.9 Å². The molecule has 2 N–H and O–H groups in total. The molecular weight excluding hydrogens is 405 g/mol. The summed E-state index contributed by atoms with van der Waals surface area (Å²) in [5.41, 5.74) is 10.8. The maximum absolute atomic E-state index is 13.2. The minimum atomic E-state index is -0.477. The summed E-state index contributed by atoms with van der Waals surface area (Å²) < 4.78 is 14.9. The van der Waals surface area contributed by atoms with Crippen molar-refractivity contribution in [3.8, 4) is 0 Å². The van der Waals surface area contributed by atoms with Crippen LogP contribution < -0.4 is 15.5 Å². The highest BCUT2D eigenvalue weighted by Gasteiger charge is 2.19. The Bertz CT molecular complexity index is 1240. The Kier molecular flexibility index (Phi) is 5.23. The topological polar surface area (TPSA) is 66.9 Å². The number of primary amides is 1. The van der Waals surface area contributed by atoms with Crippen LogP contribution in [-0.4, -0.2) is 41.5 Å². The molecule has 1 aliphatic rings. The fourth-order valence-corrected chi connectivity index (χ4v) is 4.32. The summed E-state index contributed by atoms with van der Waals surface area (Å²) in [4.78, 5) is 21.3. The van der Waals surface area contributed by atoms with E-state index in [1.807, 2.05) is 30.3 Å². The van der Waals surface area contributed by atoms with Gasteiger partial charge in [-0.05, 0) is 54.1 Å². The number of rotatable bonds is 5. The second-order valence-electron chi connectivity index (χ2n) is 7.99. The first-order valence-corrected chi connectivity index (χ1v) is 10.7. The summed E-state index contributed by atoms with van der Waals surface area (Å²) in [5, 5.41) is 0. The predicted molar refractivity (Wildman–Crippen MR) is 124 cm³/mol. The second kappa shape index (κ2) is 8.34. The number of hydrogen-bond donors (Lipinski definition) is 1. The van der Waals surface area contributed by atoms with Gasteiger partial charge in [-0.1, -0.05) is 18.2 Å². The van der Waals surface area contributed by atoms with Gasteiger partial charge in [-0.3, -0.25) is 9.20 Å². The van der Waals surface area contributed by atoms with Crippen LogP contribution in [0.2, 0.25) is 0 Å². The molecule has 2 aromatic heterocycles. The molecule has 0 saturated carbocycles. The molecule has 7 heteroatoms. The zero-order valence-electron chi connectivity index (χ0n) is 17.6. The molecule has 0 atom stereocenters. The lowest BCUT2D eigenvalue weighted by molar-refractivity contribution is 0.0994. The van der Waals surface area contributed by atoms with Gasteiger partial charge in [-0.2, -0.15) is 0 Å².